The van der Waals surface area contributed by atoms with Crippen molar-refractivity contribution in [3.63, 3.8) is 0 Å². The molecular weight excluding hydrogens is 342 g/mol. The summed E-state index contributed by atoms with van der Waals surface area (Å²) in [5, 5.41) is 12.3. The summed E-state index contributed by atoms with van der Waals surface area (Å²) < 4.78 is 5.28. The highest BCUT2D eigenvalue weighted by molar-refractivity contribution is 5.79. The van der Waals surface area contributed by atoms with Gasteiger partial charge in [0.05, 0.1) is 13.0 Å². The average molecular weight is 373 g/mol. The second-order valence-electron chi connectivity index (χ2n) is 8.17. The lowest BCUT2D eigenvalue weighted by atomic mass is 9.69. The summed E-state index contributed by atoms with van der Waals surface area (Å²) >= 11 is 0. The molecule has 1 aromatic rings. The van der Waals surface area contributed by atoms with Crippen molar-refractivity contribution < 1.29 is 19.4 Å². The van der Waals surface area contributed by atoms with Gasteiger partial charge in [0.1, 0.15) is 5.75 Å². The molecule has 1 aromatic carbocycles. The Hall–Kier alpha value is -2.04. The summed E-state index contributed by atoms with van der Waals surface area (Å²) in [6.07, 6.45) is 8.38. The van der Waals surface area contributed by atoms with E-state index in [1.807, 2.05) is 12.1 Å². The lowest BCUT2D eigenvalue weighted by Gasteiger charge is -2.38. The number of benzene rings is 1. The van der Waals surface area contributed by atoms with Gasteiger partial charge in [-0.15, -0.1) is 0 Å². The maximum absolute atomic E-state index is 12.7. The summed E-state index contributed by atoms with van der Waals surface area (Å²) in [5.41, 5.74) is 1.27. The van der Waals surface area contributed by atoms with Crippen LogP contribution in [-0.4, -0.2) is 30.6 Å². The molecule has 0 spiro atoms. The third-order valence-corrected chi connectivity index (χ3v) is 6.56. The fraction of sp³-hybridized carbons (Fsp3) is 0.636. The molecule has 0 unspecified atom stereocenters. The van der Waals surface area contributed by atoms with Crippen LogP contribution in [0.5, 0.6) is 5.75 Å². The summed E-state index contributed by atoms with van der Waals surface area (Å²) in [6, 6.07) is 8.27. The van der Waals surface area contributed by atoms with Crippen LogP contribution in [0.25, 0.3) is 0 Å². The lowest BCUT2D eigenvalue weighted by Crippen LogP contribution is -2.44. The molecule has 2 aliphatic rings. The van der Waals surface area contributed by atoms with E-state index in [2.05, 4.69) is 17.4 Å². The quantitative estimate of drug-likeness (QED) is 0.793. The molecule has 0 bridgehead atoms. The van der Waals surface area contributed by atoms with Gasteiger partial charge in [-0.1, -0.05) is 31.4 Å². The molecule has 0 radical (unpaired) electrons. The molecule has 3 rings (SSSR count). The van der Waals surface area contributed by atoms with Gasteiger partial charge in [0.25, 0.3) is 0 Å². The van der Waals surface area contributed by atoms with E-state index in [0.717, 1.165) is 18.6 Å². The number of rotatable bonds is 6. The molecule has 2 saturated carbocycles. The average Bonchev–Trinajstić information content (AvgIpc) is 2.73. The van der Waals surface area contributed by atoms with Gasteiger partial charge in [0.2, 0.25) is 5.91 Å². The van der Waals surface area contributed by atoms with Gasteiger partial charge in [-0.2, -0.15) is 0 Å². The first kappa shape index (κ1) is 19.7. The first-order valence-corrected chi connectivity index (χ1v) is 10.2. The molecule has 0 heterocycles. The van der Waals surface area contributed by atoms with Crippen LogP contribution in [0.15, 0.2) is 24.3 Å². The summed E-state index contributed by atoms with van der Waals surface area (Å²) in [5.74, 6) is -0.106. The van der Waals surface area contributed by atoms with Gasteiger partial charge in [0, 0.05) is 17.9 Å². The third kappa shape index (κ3) is 4.63. The number of carbonyl (C=O) groups is 2. The first-order valence-electron chi connectivity index (χ1n) is 10.2. The Balaban J connectivity index is 1.63. The van der Waals surface area contributed by atoms with Crippen molar-refractivity contribution in [3.8, 4) is 5.75 Å². The topological polar surface area (TPSA) is 75.6 Å². The van der Waals surface area contributed by atoms with Gasteiger partial charge in [-0.05, 0) is 56.2 Å². The van der Waals surface area contributed by atoms with Crippen LogP contribution in [0.1, 0.15) is 63.4 Å². The van der Waals surface area contributed by atoms with E-state index in [0.29, 0.717) is 32.2 Å². The van der Waals surface area contributed by atoms with E-state index in [4.69, 9.17) is 9.84 Å². The van der Waals surface area contributed by atoms with Gasteiger partial charge in [0.15, 0.2) is 0 Å². The van der Waals surface area contributed by atoms with Crippen LogP contribution in [0, 0.1) is 11.8 Å². The normalized spacial score (nSPS) is 24.8. The standard InChI is InChI=1S/C22H31NO4/c1-27-19-11-9-18(10-12-19)22(13-3-2-4-14-22)15-23-20(24)16-5-7-17(8-6-16)21(25)26/h9-12,16-17H,2-8,13-15H2,1H3,(H,23,24)(H,25,26). The highest BCUT2D eigenvalue weighted by Crippen LogP contribution is 2.40. The second-order valence-corrected chi connectivity index (χ2v) is 8.17. The zero-order valence-electron chi connectivity index (χ0n) is 16.2. The summed E-state index contributed by atoms with van der Waals surface area (Å²) in [6.45, 7) is 0.664. The molecule has 2 fully saturated rings. The van der Waals surface area contributed by atoms with E-state index in [9.17, 15) is 9.59 Å². The molecule has 5 nitrogen and oxygen atoms in total. The van der Waals surface area contributed by atoms with E-state index in [1.54, 1.807) is 7.11 Å². The summed E-state index contributed by atoms with van der Waals surface area (Å²) in [7, 11) is 1.67. The Kier molecular flexibility index (Phi) is 6.40. The Bertz CT molecular complexity index is 641. The number of ether oxygens (including phenoxy) is 1. The molecule has 0 atom stereocenters. The molecule has 0 saturated heterocycles. The fourth-order valence-electron chi connectivity index (χ4n) is 4.74. The van der Waals surface area contributed by atoms with Crippen molar-refractivity contribution >= 4 is 11.9 Å². The van der Waals surface area contributed by atoms with Crippen LogP contribution in [-0.2, 0) is 15.0 Å². The minimum absolute atomic E-state index is 0.00154. The monoisotopic (exact) mass is 373 g/mol. The van der Waals surface area contributed by atoms with Crippen LogP contribution in [0.3, 0.4) is 0 Å². The smallest absolute Gasteiger partial charge is 0.306 e. The van der Waals surface area contributed by atoms with Crippen LogP contribution in [0.4, 0.5) is 0 Å². The van der Waals surface area contributed by atoms with E-state index < -0.39 is 5.97 Å². The minimum atomic E-state index is -0.727. The number of amides is 1. The fourth-order valence-corrected chi connectivity index (χ4v) is 4.74. The predicted molar refractivity (Wildman–Crippen MR) is 104 cm³/mol. The maximum Gasteiger partial charge on any atom is 0.306 e. The van der Waals surface area contributed by atoms with E-state index in [1.165, 1.54) is 24.8 Å². The van der Waals surface area contributed by atoms with Gasteiger partial charge in [-0.3, -0.25) is 9.59 Å². The van der Waals surface area contributed by atoms with Gasteiger partial charge < -0.3 is 15.2 Å². The lowest BCUT2D eigenvalue weighted by molar-refractivity contribution is -0.144. The third-order valence-electron chi connectivity index (χ3n) is 6.56. The number of carbonyl (C=O) groups excluding carboxylic acids is 1. The van der Waals surface area contributed by atoms with Crippen LogP contribution < -0.4 is 10.1 Å². The Morgan fingerprint density at radius 1 is 1.04 bits per heavy atom. The number of carboxylic acid groups (broad SMARTS) is 1. The van der Waals surface area contributed by atoms with Gasteiger partial charge in [-0.25, -0.2) is 0 Å². The highest BCUT2D eigenvalue weighted by Gasteiger charge is 2.36. The number of hydrogen-bond acceptors (Lipinski definition) is 3. The zero-order chi connectivity index (χ0) is 19.3. The maximum atomic E-state index is 12.7. The number of methoxy groups -OCH3 is 1. The Morgan fingerprint density at radius 3 is 2.19 bits per heavy atom. The number of carboxylic acids is 1. The molecule has 2 N–H and O–H groups in total. The van der Waals surface area contributed by atoms with Crippen molar-refractivity contribution in [3.05, 3.63) is 29.8 Å². The van der Waals surface area contributed by atoms with Crippen molar-refractivity contribution in [2.45, 2.75) is 63.2 Å². The van der Waals surface area contributed by atoms with Crippen LogP contribution in [0.2, 0.25) is 0 Å². The van der Waals surface area contributed by atoms with Crippen molar-refractivity contribution in [1.29, 1.82) is 0 Å². The van der Waals surface area contributed by atoms with Crippen molar-refractivity contribution in [1.82, 2.24) is 5.32 Å². The van der Waals surface area contributed by atoms with Crippen molar-refractivity contribution in [2.75, 3.05) is 13.7 Å². The first-order chi connectivity index (χ1) is 13.0. The highest BCUT2D eigenvalue weighted by atomic mass is 16.5. The SMILES string of the molecule is COc1ccc(C2(CNC(=O)C3CCC(C(=O)O)CC3)CCCCC2)cc1. The molecule has 5 heteroatoms. The minimum Gasteiger partial charge on any atom is -0.497 e. The molecule has 0 aromatic heterocycles. The predicted octanol–water partition coefficient (Wildman–Crippen LogP) is 3.90. The molecule has 148 valence electrons. The Morgan fingerprint density at radius 2 is 1.63 bits per heavy atom. The van der Waals surface area contributed by atoms with E-state index in [-0.39, 0.29) is 23.2 Å². The molecule has 1 amide bonds. The number of hydrogen-bond donors (Lipinski definition) is 2. The van der Waals surface area contributed by atoms with Crippen molar-refractivity contribution in [2.24, 2.45) is 11.8 Å². The van der Waals surface area contributed by atoms with Crippen LogP contribution >= 0.6 is 0 Å². The largest absolute Gasteiger partial charge is 0.497 e. The molecule has 0 aliphatic heterocycles. The second kappa shape index (κ2) is 8.77. The molecule has 27 heavy (non-hydrogen) atoms. The molecule has 2 aliphatic carbocycles. The van der Waals surface area contributed by atoms with Gasteiger partial charge >= 0.3 is 5.97 Å². The molecular formula is C22H31NO4. The summed E-state index contributed by atoms with van der Waals surface area (Å²) in [4.78, 5) is 23.8. The number of nitrogens with one attached hydrogen (secondary N) is 1. The zero-order valence-corrected chi connectivity index (χ0v) is 16.2. The van der Waals surface area contributed by atoms with E-state index >= 15 is 0 Å². The Labute approximate surface area is 161 Å². The number of aliphatic carboxylic acids is 1.